The molecule has 1 radical (unpaired) electrons. The van der Waals surface area contributed by atoms with Crippen LogP contribution in [0.1, 0.15) is 48.6 Å². The van der Waals surface area contributed by atoms with Crippen molar-refractivity contribution in [3.8, 4) is 0 Å². The predicted octanol–water partition coefficient (Wildman–Crippen LogP) is 1.17. The number of nitrogens with two attached hydrogens (primary N) is 1. The number of rotatable bonds is 5. The highest BCUT2D eigenvalue weighted by Crippen LogP contribution is 2.19. The molecule has 2 heterocycles. The summed E-state index contributed by atoms with van der Waals surface area (Å²) in [7, 11) is 0. The molecule has 19 heavy (non-hydrogen) atoms. The van der Waals surface area contributed by atoms with Gasteiger partial charge in [-0.15, -0.1) is 0 Å². The van der Waals surface area contributed by atoms with Crippen LogP contribution in [0.15, 0.2) is 0 Å². The zero-order valence-electron chi connectivity index (χ0n) is 11.6. The number of amides is 1. The van der Waals surface area contributed by atoms with Gasteiger partial charge in [-0.05, 0) is 12.3 Å². The van der Waals surface area contributed by atoms with E-state index in [0.717, 1.165) is 43.2 Å². The Morgan fingerprint density at radius 3 is 2.84 bits per heavy atom. The molecule has 2 rings (SSSR count). The standard InChI is InChI=1S/C14H21N4O/c1-3-10(4-2)8-18-6-5-11-7-16-14(13(15)19)17-12(11)9-18/h10H,3-6,8-9H2,1-2H3,(H2,15,19). The molecule has 0 saturated heterocycles. The minimum atomic E-state index is -0.587. The predicted molar refractivity (Wildman–Crippen MR) is 72.4 cm³/mol. The molecule has 1 aliphatic rings. The number of hydrogen-bond donors (Lipinski definition) is 1. The van der Waals surface area contributed by atoms with Crippen LogP contribution in [-0.2, 0) is 13.0 Å². The van der Waals surface area contributed by atoms with Gasteiger partial charge in [-0.25, -0.2) is 9.97 Å². The number of hydrogen-bond acceptors (Lipinski definition) is 4. The summed E-state index contributed by atoms with van der Waals surface area (Å²) in [5.74, 6) is 0.210. The van der Waals surface area contributed by atoms with E-state index >= 15 is 0 Å². The Morgan fingerprint density at radius 2 is 2.21 bits per heavy atom. The summed E-state index contributed by atoms with van der Waals surface area (Å²) in [5.41, 5.74) is 7.13. The van der Waals surface area contributed by atoms with Gasteiger partial charge in [0, 0.05) is 25.2 Å². The molecule has 1 aromatic rings. The van der Waals surface area contributed by atoms with Crippen LogP contribution in [0.5, 0.6) is 0 Å². The van der Waals surface area contributed by atoms with Crippen molar-refractivity contribution in [1.29, 1.82) is 0 Å². The zero-order valence-corrected chi connectivity index (χ0v) is 11.6. The van der Waals surface area contributed by atoms with E-state index in [1.807, 2.05) is 0 Å². The molecule has 5 nitrogen and oxygen atoms in total. The lowest BCUT2D eigenvalue weighted by molar-refractivity contribution is 0.0989. The number of fused-ring (bicyclic) bond motifs is 1. The van der Waals surface area contributed by atoms with E-state index in [9.17, 15) is 4.79 Å². The SMILES string of the molecule is CCC(CC)CN1CCc2[c]nc(C(N)=O)nc2C1. The van der Waals surface area contributed by atoms with Crippen LogP contribution in [0.3, 0.4) is 0 Å². The average Bonchev–Trinajstić information content (AvgIpc) is 2.43. The van der Waals surface area contributed by atoms with E-state index in [1.165, 1.54) is 12.8 Å². The second-order valence-electron chi connectivity index (χ2n) is 5.12. The summed E-state index contributed by atoms with van der Waals surface area (Å²) < 4.78 is 0. The highest BCUT2D eigenvalue weighted by Gasteiger charge is 2.21. The minimum Gasteiger partial charge on any atom is -0.363 e. The quantitative estimate of drug-likeness (QED) is 0.863. The fourth-order valence-corrected chi connectivity index (χ4v) is 2.48. The van der Waals surface area contributed by atoms with E-state index in [-0.39, 0.29) is 5.82 Å². The van der Waals surface area contributed by atoms with Crippen molar-refractivity contribution in [3.63, 3.8) is 0 Å². The third kappa shape index (κ3) is 3.29. The number of aromatic nitrogens is 2. The molecule has 5 heteroatoms. The van der Waals surface area contributed by atoms with Gasteiger partial charge in [0.25, 0.3) is 5.91 Å². The highest BCUT2D eigenvalue weighted by molar-refractivity contribution is 5.88. The Labute approximate surface area is 114 Å². The van der Waals surface area contributed by atoms with Crippen LogP contribution < -0.4 is 5.73 Å². The molecular weight excluding hydrogens is 240 g/mol. The van der Waals surface area contributed by atoms with Crippen molar-refractivity contribution in [2.24, 2.45) is 11.7 Å². The summed E-state index contributed by atoms with van der Waals surface area (Å²) >= 11 is 0. The second-order valence-corrected chi connectivity index (χ2v) is 5.12. The van der Waals surface area contributed by atoms with Gasteiger partial charge in [0.05, 0.1) is 11.9 Å². The molecule has 0 atom stereocenters. The lowest BCUT2D eigenvalue weighted by atomic mass is 10.0. The van der Waals surface area contributed by atoms with Crippen LogP contribution in [0.2, 0.25) is 0 Å². The van der Waals surface area contributed by atoms with Gasteiger partial charge >= 0.3 is 0 Å². The van der Waals surface area contributed by atoms with Gasteiger partial charge in [0.2, 0.25) is 5.82 Å². The maximum Gasteiger partial charge on any atom is 0.286 e. The normalized spacial score (nSPS) is 15.5. The van der Waals surface area contributed by atoms with Crippen LogP contribution in [0, 0.1) is 12.1 Å². The monoisotopic (exact) mass is 261 g/mol. The topological polar surface area (TPSA) is 72.1 Å². The van der Waals surface area contributed by atoms with Crippen molar-refractivity contribution in [1.82, 2.24) is 14.9 Å². The highest BCUT2D eigenvalue weighted by atomic mass is 16.1. The van der Waals surface area contributed by atoms with Gasteiger partial charge < -0.3 is 5.73 Å². The van der Waals surface area contributed by atoms with Gasteiger partial charge in [0.15, 0.2) is 0 Å². The summed E-state index contributed by atoms with van der Waals surface area (Å²) in [6.45, 7) is 7.33. The van der Waals surface area contributed by atoms with Gasteiger partial charge in [-0.3, -0.25) is 9.69 Å². The molecule has 0 bridgehead atoms. The fraction of sp³-hybridized carbons (Fsp3) is 0.643. The second kappa shape index (κ2) is 6.10. The van der Waals surface area contributed by atoms with Crippen LogP contribution >= 0.6 is 0 Å². The lowest BCUT2D eigenvalue weighted by Gasteiger charge is -2.30. The average molecular weight is 261 g/mol. The maximum atomic E-state index is 11.1. The van der Waals surface area contributed by atoms with E-state index < -0.39 is 5.91 Å². The van der Waals surface area contributed by atoms with Crippen molar-refractivity contribution >= 4 is 5.91 Å². The molecule has 1 amide bonds. The minimum absolute atomic E-state index is 0.0723. The maximum absolute atomic E-state index is 11.1. The third-order valence-corrected chi connectivity index (χ3v) is 3.83. The Balaban J connectivity index is 2.09. The van der Waals surface area contributed by atoms with Crippen molar-refractivity contribution in [2.75, 3.05) is 13.1 Å². The first-order chi connectivity index (χ1) is 9.13. The van der Waals surface area contributed by atoms with Crippen LogP contribution in [0.4, 0.5) is 0 Å². The van der Waals surface area contributed by atoms with Crippen molar-refractivity contribution in [3.05, 3.63) is 23.3 Å². The largest absolute Gasteiger partial charge is 0.363 e. The lowest BCUT2D eigenvalue weighted by Crippen LogP contribution is -2.35. The van der Waals surface area contributed by atoms with Crippen molar-refractivity contribution in [2.45, 2.75) is 39.7 Å². The fourth-order valence-electron chi connectivity index (χ4n) is 2.48. The number of nitrogens with zero attached hydrogens (tertiary/aromatic N) is 3. The van der Waals surface area contributed by atoms with Gasteiger partial charge in [-0.1, -0.05) is 26.7 Å². The summed E-state index contributed by atoms with van der Waals surface area (Å²) in [4.78, 5) is 21.6. The molecule has 0 aromatic carbocycles. The van der Waals surface area contributed by atoms with E-state index in [0.29, 0.717) is 0 Å². The number of primary amides is 1. The van der Waals surface area contributed by atoms with E-state index in [4.69, 9.17) is 5.73 Å². The molecule has 0 saturated carbocycles. The molecule has 103 valence electrons. The molecule has 1 aromatic heterocycles. The molecule has 0 aliphatic carbocycles. The number of carbonyl (C=O) groups is 1. The molecule has 2 N–H and O–H groups in total. The summed E-state index contributed by atoms with van der Waals surface area (Å²) in [6.07, 6.45) is 6.19. The Bertz CT molecular complexity index is 457. The zero-order chi connectivity index (χ0) is 13.8. The first kappa shape index (κ1) is 13.9. The molecule has 0 fully saturated rings. The smallest absolute Gasteiger partial charge is 0.286 e. The van der Waals surface area contributed by atoms with Gasteiger partial charge in [0.1, 0.15) is 0 Å². The summed E-state index contributed by atoms with van der Waals surface area (Å²) in [6, 6.07) is 0. The van der Waals surface area contributed by atoms with Crippen molar-refractivity contribution < 1.29 is 4.79 Å². The van der Waals surface area contributed by atoms with Gasteiger partial charge in [-0.2, -0.15) is 0 Å². The molecule has 0 spiro atoms. The Morgan fingerprint density at radius 1 is 1.47 bits per heavy atom. The third-order valence-electron chi connectivity index (χ3n) is 3.83. The number of carbonyl (C=O) groups excluding carboxylic acids is 1. The molecule has 0 unspecified atom stereocenters. The first-order valence-corrected chi connectivity index (χ1v) is 6.93. The Kier molecular flexibility index (Phi) is 4.47. The Hall–Kier alpha value is -1.49. The van der Waals surface area contributed by atoms with E-state index in [1.54, 1.807) is 0 Å². The molecular formula is C14H21N4O. The first-order valence-electron chi connectivity index (χ1n) is 6.93. The van der Waals surface area contributed by atoms with Crippen LogP contribution in [-0.4, -0.2) is 33.9 Å². The van der Waals surface area contributed by atoms with Crippen LogP contribution in [0.25, 0.3) is 0 Å². The van der Waals surface area contributed by atoms with E-state index in [2.05, 4.69) is 34.9 Å². The summed E-state index contributed by atoms with van der Waals surface area (Å²) in [5, 5.41) is 0. The molecule has 1 aliphatic heterocycles.